The number of hydrogen-bond acceptors (Lipinski definition) is 6. The van der Waals surface area contributed by atoms with Crippen molar-refractivity contribution >= 4 is 5.97 Å². The average molecular weight is 562 g/mol. The van der Waals surface area contributed by atoms with Crippen molar-refractivity contribution in [2.24, 2.45) is 18.4 Å². The fraction of sp³-hybridized carbons (Fsp3) is 0.594. The molecule has 0 aliphatic carbocycles. The highest BCUT2D eigenvalue weighted by molar-refractivity contribution is 5.74. The second-order valence-electron chi connectivity index (χ2n) is 12.7. The van der Waals surface area contributed by atoms with E-state index in [9.17, 15) is 9.90 Å². The predicted molar refractivity (Wildman–Crippen MR) is 160 cm³/mol. The molecule has 5 rings (SSSR count). The number of carboxylic acids is 1. The quantitative estimate of drug-likeness (QED) is 0.336. The molecule has 1 unspecified atom stereocenters. The standard InChI is InChI=1S/C32H47N7O2/c1-5-28-32(10-15-37(16-11-32)19-24(2)3)18-27(31(40)41)39(28)21-26-8-6-25(7-9-26)20-38(22-29-33-12-13-34-29)23-30-35-14-17-36(30)4/h6-9,12-14,17,24,27-28H,5,10-11,15-16,18-23H2,1-4H3,(H,33,34)(H,40,41)/t27-,28?/m0/s1. The Bertz CT molecular complexity index is 1250. The van der Waals surface area contributed by atoms with Crippen molar-refractivity contribution in [2.75, 3.05) is 19.6 Å². The van der Waals surface area contributed by atoms with E-state index in [4.69, 9.17) is 0 Å². The Kier molecular flexibility index (Phi) is 9.26. The van der Waals surface area contributed by atoms with Gasteiger partial charge in [-0.3, -0.25) is 14.6 Å². The number of rotatable bonds is 12. The van der Waals surface area contributed by atoms with E-state index in [0.717, 1.165) is 70.1 Å². The van der Waals surface area contributed by atoms with Crippen LogP contribution in [0.2, 0.25) is 0 Å². The molecule has 2 atom stereocenters. The maximum absolute atomic E-state index is 12.5. The van der Waals surface area contributed by atoms with Crippen LogP contribution in [-0.4, -0.2) is 77.0 Å². The summed E-state index contributed by atoms with van der Waals surface area (Å²) in [5.74, 6) is 1.92. The summed E-state index contributed by atoms with van der Waals surface area (Å²) < 4.78 is 2.05. The van der Waals surface area contributed by atoms with Crippen LogP contribution in [0, 0.1) is 11.3 Å². The minimum absolute atomic E-state index is 0.0998. The van der Waals surface area contributed by atoms with Gasteiger partial charge in [0, 0.05) is 57.5 Å². The highest BCUT2D eigenvalue weighted by atomic mass is 16.4. The van der Waals surface area contributed by atoms with Crippen molar-refractivity contribution in [1.29, 1.82) is 0 Å². The molecule has 2 saturated heterocycles. The number of nitrogens with one attached hydrogen (secondary N) is 1. The van der Waals surface area contributed by atoms with Crippen molar-refractivity contribution in [3.63, 3.8) is 0 Å². The predicted octanol–water partition coefficient (Wildman–Crippen LogP) is 4.52. The van der Waals surface area contributed by atoms with E-state index in [1.54, 1.807) is 6.20 Å². The minimum atomic E-state index is -0.676. The third-order valence-electron chi connectivity index (χ3n) is 9.26. The SMILES string of the molecule is CCC1N(Cc2ccc(CN(Cc3ncc[nH]3)Cc3nccn3C)cc2)[C@H](C(=O)O)CC12CCN(CC(C)C)CC2. The Balaban J connectivity index is 1.27. The van der Waals surface area contributed by atoms with E-state index in [1.807, 2.05) is 25.6 Å². The molecular weight excluding hydrogens is 514 g/mol. The summed E-state index contributed by atoms with van der Waals surface area (Å²) in [7, 11) is 2.02. The fourth-order valence-corrected chi connectivity index (χ4v) is 7.29. The monoisotopic (exact) mass is 561 g/mol. The summed E-state index contributed by atoms with van der Waals surface area (Å²) in [6.07, 6.45) is 11.4. The Hall–Kier alpha value is -3.01. The van der Waals surface area contributed by atoms with Crippen LogP contribution in [0.5, 0.6) is 0 Å². The summed E-state index contributed by atoms with van der Waals surface area (Å²) in [5, 5.41) is 10.3. The smallest absolute Gasteiger partial charge is 0.320 e. The average Bonchev–Trinajstić information content (AvgIpc) is 3.67. The molecule has 2 aromatic heterocycles. The van der Waals surface area contributed by atoms with Gasteiger partial charge >= 0.3 is 5.97 Å². The number of carboxylic acid groups (broad SMARTS) is 1. The minimum Gasteiger partial charge on any atom is -0.480 e. The Morgan fingerprint density at radius 2 is 1.83 bits per heavy atom. The van der Waals surface area contributed by atoms with E-state index in [0.29, 0.717) is 25.0 Å². The molecule has 1 aromatic carbocycles. The Morgan fingerprint density at radius 3 is 2.41 bits per heavy atom. The molecule has 3 aromatic rings. The molecule has 0 amide bonds. The van der Waals surface area contributed by atoms with Gasteiger partial charge in [-0.25, -0.2) is 9.97 Å². The number of H-pyrrole nitrogens is 1. The Morgan fingerprint density at radius 1 is 1.10 bits per heavy atom. The Labute approximate surface area is 244 Å². The van der Waals surface area contributed by atoms with Crippen LogP contribution in [0.25, 0.3) is 0 Å². The normalized spacial score (nSPS) is 21.4. The lowest BCUT2D eigenvalue weighted by atomic mass is 9.70. The van der Waals surface area contributed by atoms with Gasteiger partial charge in [0.05, 0.1) is 13.1 Å². The molecule has 222 valence electrons. The van der Waals surface area contributed by atoms with Gasteiger partial charge in [-0.2, -0.15) is 0 Å². The third-order valence-corrected chi connectivity index (χ3v) is 9.26. The summed E-state index contributed by atoms with van der Waals surface area (Å²) in [4.78, 5) is 31.9. The van der Waals surface area contributed by atoms with E-state index < -0.39 is 12.0 Å². The van der Waals surface area contributed by atoms with Crippen molar-refractivity contribution in [1.82, 2.24) is 34.2 Å². The van der Waals surface area contributed by atoms with Gasteiger partial charge in [-0.15, -0.1) is 0 Å². The first kappa shape index (κ1) is 29.5. The van der Waals surface area contributed by atoms with E-state index in [1.165, 1.54) is 11.1 Å². The summed E-state index contributed by atoms with van der Waals surface area (Å²) in [5.41, 5.74) is 2.49. The molecule has 9 heteroatoms. The molecule has 0 bridgehead atoms. The summed E-state index contributed by atoms with van der Waals surface area (Å²) in [6, 6.07) is 8.63. The van der Waals surface area contributed by atoms with E-state index >= 15 is 0 Å². The van der Waals surface area contributed by atoms with Gasteiger partial charge in [-0.1, -0.05) is 45.0 Å². The van der Waals surface area contributed by atoms with Crippen LogP contribution in [0.4, 0.5) is 0 Å². The number of nitrogens with zero attached hydrogens (tertiary/aromatic N) is 6. The molecule has 4 heterocycles. The second-order valence-corrected chi connectivity index (χ2v) is 12.7. The van der Waals surface area contributed by atoms with Crippen LogP contribution in [0.1, 0.15) is 69.2 Å². The second kappa shape index (κ2) is 12.9. The van der Waals surface area contributed by atoms with E-state index in [2.05, 4.69) is 79.3 Å². The number of imidazole rings is 2. The zero-order chi connectivity index (χ0) is 29.0. The first-order valence-corrected chi connectivity index (χ1v) is 15.2. The lowest BCUT2D eigenvalue weighted by Gasteiger charge is -2.44. The molecular formula is C32H47N7O2. The van der Waals surface area contributed by atoms with Crippen molar-refractivity contribution < 1.29 is 9.90 Å². The molecule has 41 heavy (non-hydrogen) atoms. The number of piperidine rings is 1. The number of aliphatic carboxylic acids is 1. The summed E-state index contributed by atoms with van der Waals surface area (Å²) in [6.45, 7) is 12.9. The number of likely N-dealkylation sites (tertiary alicyclic amines) is 2. The zero-order valence-corrected chi connectivity index (χ0v) is 25.2. The number of aromatic amines is 1. The first-order chi connectivity index (χ1) is 19.8. The van der Waals surface area contributed by atoms with Gasteiger partial charge in [0.25, 0.3) is 0 Å². The van der Waals surface area contributed by atoms with Crippen LogP contribution in [0.15, 0.2) is 49.1 Å². The maximum atomic E-state index is 12.5. The van der Waals surface area contributed by atoms with Gasteiger partial charge in [-0.05, 0) is 61.2 Å². The lowest BCUT2D eigenvalue weighted by Crippen LogP contribution is -2.48. The largest absolute Gasteiger partial charge is 0.480 e. The third kappa shape index (κ3) is 6.90. The molecule has 0 saturated carbocycles. The van der Waals surface area contributed by atoms with Crippen LogP contribution in [-0.2, 0) is 38.0 Å². The molecule has 1 spiro atoms. The molecule has 2 fully saturated rings. The fourth-order valence-electron chi connectivity index (χ4n) is 7.29. The van der Waals surface area contributed by atoms with Crippen LogP contribution in [0.3, 0.4) is 0 Å². The molecule has 9 nitrogen and oxygen atoms in total. The molecule has 2 aliphatic heterocycles. The lowest BCUT2D eigenvalue weighted by molar-refractivity contribution is -0.142. The highest BCUT2D eigenvalue weighted by Crippen LogP contribution is 2.50. The molecule has 2 N–H and O–H groups in total. The van der Waals surface area contributed by atoms with Crippen molar-refractivity contribution in [2.45, 2.75) is 84.7 Å². The van der Waals surface area contributed by atoms with Crippen molar-refractivity contribution in [3.8, 4) is 0 Å². The van der Waals surface area contributed by atoms with Gasteiger partial charge in [0.1, 0.15) is 17.7 Å². The number of aryl methyl sites for hydroxylation is 1. The van der Waals surface area contributed by atoms with Crippen LogP contribution >= 0.6 is 0 Å². The summed E-state index contributed by atoms with van der Waals surface area (Å²) >= 11 is 0. The zero-order valence-electron chi connectivity index (χ0n) is 25.2. The topological polar surface area (TPSA) is 93.5 Å². The number of carbonyl (C=O) groups is 1. The molecule has 0 radical (unpaired) electrons. The number of benzene rings is 1. The van der Waals surface area contributed by atoms with Gasteiger partial charge in [0.15, 0.2) is 0 Å². The van der Waals surface area contributed by atoms with Gasteiger partial charge < -0.3 is 19.6 Å². The highest BCUT2D eigenvalue weighted by Gasteiger charge is 2.54. The van der Waals surface area contributed by atoms with Crippen molar-refractivity contribution in [3.05, 3.63) is 71.8 Å². The first-order valence-electron chi connectivity index (χ1n) is 15.2. The number of aromatic nitrogens is 4. The van der Waals surface area contributed by atoms with E-state index in [-0.39, 0.29) is 5.41 Å². The maximum Gasteiger partial charge on any atom is 0.320 e. The molecule has 2 aliphatic rings. The van der Waals surface area contributed by atoms with Crippen LogP contribution < -0.4 is 0 Å². The van der Waals surface area contributed by atoms with Gasteiger partial charge in [0.2, 0.25) is 0 Å². The number of hydrogen-bond donors (Lipinski definition) is 2.